The Bertz CT molecular complexity index is 1020. The van der Waals surface area contributed by atoms with Gasteiger partial charge in [0.25, 0.3) is 5.91 Å². The second-order valence-corrected chi connectivity index (χ2v) is 7.86. The Balaban J connectivity index is 1.67. The first-order valence-electron chi connectivity index (χ1n) is 10.3. The third kappa shape index (κ3) is 3.85. The molecule has 1 atom stereocenters. The van der Waals surface area contributed by atoms with Crippen LogP contribution in [0.2, 0.25) is 0 Å². The number of H-pyrrole nitrogens is 1. The summed E-state index contributed by atoms with van der Waals surface area (Å²) in [6.45, 7) is 1.02. The van der Waals surface area contributed by atoms with Crippen molar-refractivity contribution < 1.29 is 9.59 Å². The summed E-state index contributed by atoms with van der Waals surface area (Å²) in [6.07, 6.45) is 3.66. The van der Waals surface area contributed by atoms with Crippen LogP contribution < -0.4 is 5.32 Å². The van der Waals surface area contributed by atoms with E-state index in [4.69, 9.17) is 0 Å². The molecule has 1 saturated heterocycles. The number of nitrogens with zero attached hydrogens (tertiary/aromatic N) is 2. The van der Waals surface area contributed by atoms with Gasteiger partial charge in [-0.2, -0.15) is 5.10 Å². The molecule has 2 amide bonds. The molecule has 4 rings (SSSR count). The molecule has 6 heteroatoms. The van der Waals surface area contributed by atoms with E-state index in [0.717, 1.165) is 29.5 Å². The predicted octanol–water partition coefficient (Wildman–Crippen LogP) is 3.29. The van der Waals surface area contributed by atoms with Gasteiger partial charge in [-0.15, -0.1) is 0 Å². The summed E-state index contributed by atoms with van der Waals surface area (Å²) in [5.74, 6) is -0.135. The fourth-order valence-corrected chi connectivity index (χ4v) is 4.46. The summed E-state index contributed by atoms with van der Waals surface area (Å²) in [4.78, 5) is 27.8. The highest BCUT2D eigenvalue weighted by molar-refractivity contribution is 5.93. The van der Waals surface area contributed by atoms with Crippen LogP contribution in [0.15, 0.2) is 66.9 Å². The van der Waals surface area contributed by atoms with Gasteiger partial charge in [-0.1, -0.05) is 54.6 Å². The summed E-state index contributed by atoms with van der Waals surface area (Å²) in [7, 11) is 1.67. The van der Waals surface area contributed by atoms with Crippen LogP contribution in [0.25, 0.3) is 11.1 Å². The summed E-state index contributed by atoms with van der Waals surface area (Å²) in [5, 5.41) is 9.48. The Hall–Kier alpha value is -3.41. The zero-order valence-electron chi connectivity index (χ0n) is 17.1. The highest BCUT2D eigenvalue weighted by atomic mass is 16.2. The molecule has 154 valence electrons. The molecule has 6 nitrogen and oxygen atoms in total. The normalized spacial score (nSPS) is 18.8. The number of nitrogens with one attached hydrogen (secondary N) is 2. The van der Waals surface area contributed by atoms with Gasteiger partial charge in [0.15, 0.2) is 0 Å². The van der Waals surface area contributed by atoms with E-state index in [9.17, 15) is 9.59 Å². The van der Waals surface area contributed by atoms with Crippen molar-refractivity contribution in [3.8, 4) is 11.1 Å². The molecule has 2 aromatic carbocycles. The lowest BCUT2D eigenvalue weighted by Crippen LogP contribution is -2.54. The van der Waals surface area contributed by atoms with Gasteiger partial charge in [-0.3, -0.25) is 14.7 Å². The van der Waals surface area contributed by atoms with Crippen LogP contribution in [0.5, 0.6) is 0 Å². The summed E-state index contributed by atoms with van der Waals surface area (Å²) in [5.41, 5.74) is 3.14. The average Bonchev–Trinajstić information content (AvgIpc) is 3.34. The number of piperidine rings is 1. The highest BCUT2D eigenvalue weighted by Crippen LogP contribution is 2.37. The second kappa shape index (κ2) is 8.53. The number of benzene rings is 2. The second-order valence-electron chi connectivity index (χ2n) is 7.86. The number of rotatable bonds is 5. The monoisotopic (exact) mass is 402 g/mol. The zero-order chi connectivity index (χ0) is 21.0. The van der Waals surface area contributed by atoms with Crippen LogP contribution in [-0.2, 0) is 11.2 Å². The van der Waals surface area contributed by atoms with Crippen LogP contribution in [0.4, 0.5) is 0 Å². The molecule has 1 aliphatic rings. The minimum atomic E-state index is -0.673. The molecule has 0 unspecified atom stereocenters. The number of amides is 2. The van der Waals surface area contributed by atoms with E-state index in [2.05, 4.69) is 39.8 Å². The lowest BCUT2D eigenvalue weighted by Gasteiger charge is -2.41. The maximum absolute atomic E-state index is 13.1. The van der Waals surface area contributed by atoms with Crippen LogP contribution in [0, 0.1) is 5.41 Å². The molecule has 1 fully saturated rings. The summed E-state index contributed by atoms with van der Waals surface area (Å²) in [6, 6.07) is 20.1. The Kier molecular flexibility index (Phi) is 5.65. The number of hydrogen-bond donors (Lipinski definition) is 2. The van der Waals surface area contributed by atoms with Gasteiger partial charge >= 0.3 is 0 Å². The quantitative estimate of drug-likeness (QED) is 0.687. The largest absolute Gasteiger partial charge is 0.359 e. The average molecular weight is 402 g/mol. The van der Waals surface area contributed by atoms with E-state index in [1.165, 1.54) is 0 Å². The van der Waals surface area contributed by atoms with Gasteiger partial charge in [0.2, 0.25) is 5.91 Å². The number of hydrogen-bond acceptors (Lipinski definition) is 3. The topological polar surface area (TPSA) is 78.1 Å². The Morgan fingerprint density at radius 2 is 1.87 bits per heavy atom. The SMILES string of the molecule is CNC(=O)[C@@]1(Cc2ccccc2-c2ccccc2)CCCN(C(=O)c2ccn[nH]2)C1. The van der Waals surface area contributed by atoms with E-state index in [1.54, 1.807) is 24.2 Å². The molecule has 0 aliphatic carbocycles. The molecule has 1 aliphatic heterocycles. The molecule has 3 aromatic rings. The molecule has 2 heterocycles. The lowest BCUT2D eigenvalue weighted by atomic mass is 9.73. The van der Waals surface area contributed by atoms with Gasteiger partial charge in [0.05, 0.1) is 5.41 Å². The Morgan fingerprint density at radius 1 is 1.10 bits per heavy atom. The first-order valence-corrected chi connectivity index (χ1v) is 10.3. The van der Waals surface area contributed by atoms with Gasteiger partial charge in [-0.05, 0) is 42.0 Å². The maximum Gasteiger partial charge on any atom is 0.271 e. The van der Waals surface area contributed by atoms with Gasteiger partial charge in [0, 0.05) is 26.3 Å². The van der Waals surface area contributed by atoms with Crippen molar-refractivity contribution in [1.82, 2.24) is 20.4 Å². The van der Waals surface area contributed by atoms with E-state index < -0.39 is 5.41 Å². The van der Waals surface area contributed by atoms with E-state index in [0.29, 0.717) is 25.2 Å². The highest BCUT2D eigenvalue weighted by Gasteiger charge is 2.43. The first kappa shape index (κ1) is 19.9. The van der Waals surface area contributed by atoms with Crippen LogP contribution in [0.3, 0.4) is 0 Å². The Labute approximate surface area is 176 Å². The van der Waals surface area contributed by atoms with Crippen molar-refractivity contribution in [2.75, 3.05) is 20.1 Å². The van der Waals surface area contributed by atoms with Crippen LogP contribution in [-0.4, -0.2) is 47.0 Å². The molecule has 0 bridgehead atoms. The van der Waals surface area contributed by atoms with Crippen molar-refractivity contribution >= 4 is 11.8 Å². The summed E-state index contributed by atoms with van der Waals surface area (Å²) >= 11 is 0. The molecule has 2 N–H and O–H groups in total. The minimum absolute atomic E-state index is 0.0209. The first-order chi connectivity index (χ1) is 14.6. The van der Waals surface area contributed by atoms with Crippen molar-refractivity contribution in [3.63, 3.8) is 0 Å². The number of likely N-dealkylation sites (tertiary alicyclic amines) is 1. The molecule has 0 saturated carbocycles. The minimum Gasteiger partial charge on any atom is -0.359 e. The number of aromatic amines is 1. The predicted molar refractivity (Wildman–Crippen MR) is 116 cm³/mol. The Morgan fingerprint density at radius 3 is 2.60 bits per heavy atom. The standard InChI is InChI=1S/C24H26N4O2/c1-25-23(30)24(13-7-15-28(17-24)22(29)21-12-14-26-27-21)16-19-10-5-6-11-20(19)18-8-3-2-4-9-18/h2-6,8-12,14H,7,13,15-17H2,1H3,(H,25,30)(H,26,27)/t24-/m1/s1. The third-order valence-electron chi connectivity index (χ3n) is 5.93. The number of carbonyl (C=O) groups is 2. The van der Waals surface area contributed by atoms with Crippen LogP contribution in [0.1, 0.15) is 28.9 Å². The lowest BCUT2D eigenvalue weighted by molar-refractivity contribution is -0.133. The fraction of sp³-hybridized carbons (Fsp3) is 0.292. The van der Waals surface area contributed by atoms with Gasteiger partial charge in [0.1, 0.15) is 5.69 Å². The molecule has 1 aromatic heterocycles. The maximum atomic E-state index is 13.1. The van der Waals surface area contributed by atoms with Gasteiger partial charge in [-0.25, -0.2) is 0 Å². The zero-order valence-corrected chi connectivity index (χ0v) is 17.1. The van der Waals surface area contributed by atoms with E-state index >= 15 is 0 Å². The van der Waals surface area contributed by atoms with Crippen molar-refractivity contribution in [1.29, 1.82) is 0 Å². The van der Waals surface area contributed by atoms with Crippen molar-refractivity contribution in [3.05, 3.63) is 78.1 Å². The van der Waals surface area contributed by atoms with E-state index in [-0.39, 0.29) is 11.8 Å². The van der Waals surface area contributed by atoms with Crippen LogP contribution >= 0.6 is 0 Å². The van der Waals surface area contributed by atoms with Crippen molar-refractivity contribution in [2.45, 2.75) is 19.3 Å². The molecule has 30 heavy (non-hydrogen) atoms. The number of aromatic nitrogens is 2. The molecule has 0 spiro atoms. The number of carbonyl (C=O) groups excluding carboxylic acids is 2. The molecular weight excluding hydrogens is 376 g/mol. The molecular formula is C24H26N4O2. The third-order valence-corrected chi connectivity index (χ3v) is 5.93. The molecule has 0 radical (unpaired) electrons. The van der Waals surface area contributed by atoms with Gasteiger partial charge < -0.3 is 10.2 Å². The fourth-order valence-electron chi connectivity index (χ4n) is 4.46. The van der Waals surface area contributed by atoms with E-state index in [1.807, 2.05) is 30.3 Å². The van der Waals surface area contributed by atoms with Crippen molar-refractivity contribution in [2.24, 2.45) is 5.41 Å². The summed E-state index contributed by atoms with van der Waals surface area (Å²) < 4.78 is 0. The smallest absolute Gasteiger partial charge is 0.271 e.